The number of alkyl halides is 1. The maximum Gasteiger partial charge on any atom is 0.224 e. The summed E-state index contributed by atoms with van der Waals surface area (Å²) in [6.45, 7) is 2.25. The van der Waals surface area contributed by atoms with Gasteiger partial charge in [-0.15, -0.1) is 11.6 Å². The van der Waals surface area contributed by atoms with Crippen LogP contribution in [0.15, 0.2) is 0 Å². The molecule has 0 aromatic heterocycles. The molecule has 0 bridgehead atoms. The summed E-state index contributed by atoms with van der Waals surface area (Å²) in [5, 5.41) is 0. The van der Waals surface area contributed by atoms with Gasteiger partial charge in [-0.05, 0) is 19.8 Å². The van der Waals surface area contributed by atoms with Gasteiger partial charge in [-0.25, -0.2) is 12.7 Å². The monoisotopic (exact) mass is 268 g/mol. The summed E-state index contributed by atoms with van der Waals surface area (Å²) in [6.07, 6.45) is 0.913. The number of hydrogen-bond donors (Lipinski definition) is 1. The van der Waals surface area contributed by atoms with Gasteiger partial charge in [-0.1, -0.05) is 0 Å². The highest BCUT2D eigenvalue weighted by atomic mass is 35.5. The zero-order valence-corrected chi connectivity index (χ0v) is 10.9. The molecule has 2 N–H and O–H groups in total. The summed E-state index contributed by atoms with van der Waals surface area (Å²) < 4.78 is 25.0. The summed E-state index contributed by atoms with van der Waals surface area (Å²) in [7, 11) is -3.29. The highest BCUT2D eigenvalue weighted by Gasteiger charge is 2.42. The normalized spacial score (nSPS) is 27.1. The molecule has 1 heterocycles. The number of primary amides is 1. The van der Waals surface area contributed by atoms with E-state index in [9.17, 15) is 13.2 Å². The van der Waals surface area contributed by atoms with Crippen LogP contribution in [0.3, 0.4) is 0 Å². The van der Waals surface area contributed by atoms with Crippen LogP contribution >= 0.6 is 11.6 Å². The summed E-state index contributed by atoms with van der Waals surface area (Å²) in [5.74, 6) is -0.0894. The first-order valence-corrected chi connectivity index (χ1v) is 7.30. The predicted molar refractivity (Wildman–Crippen MR) is 62.6 cm³/mol. The van der Waals surface area contributed by atoms with E-state index in [0.29, 0.717) is 25.3 Å². The number of rotatable bonds is 5. The number of nitrogens with two attached hydrogens (primary N) is 1. The minimum atomic E-state index is -3.29. The molecule has 1 aliphatic rings. The number of halogens is 1. The molecule has 0 aromatic rings. The molecule has 5 nitrogen and oxygen atoms in total. The Balaban J connectivity index is 2.69. The zero-order chi connectivity index (χ0) is 12.4. The fraction of sp³-hybridized carbons (Fsp3) is 0.889. The van der Waals surface area contributed by atoms with E-state index in [0.717, 1.165) is 0 Å². The van der Waals surface area contributed by atoms with E-state index in [-0.39, 0.29) is 12.3 Å². The van der Waals surface area contributed by atoms with Crippen molar-refractivity contribution in [3.05, 3.63) is 0 Å². The molecule has 1 rings (SSSR count). The van der Waals surface area contributed by atoms with Gasteiger partial charge < -0.3 is 5.73 Å². The number of carbonyl (C=O) groups excluding carboxylic acids is 1. The summed E-state index contributed by atoms with van der Waals surface area (Å²) in [5.41, 5.74) is 4.53. The topological polar surface area (TPSA) is 80.5 Å². The first kappa shape index (κ1) is 13.7. The van der Waals surface area contributed by atoms with Crippen molar-refractivity contribution < 1.29 is 13.2 Å². The summed E-state index contributed by atoms with van der Waals surface area (Å²) in [4.78, 5) is 11.2. The Hall–Kier alpha value is -0.330. The molecule has 0 spiro atoms. The average molecular weight is 269 g/mol. The van der Waals surface area contributed by atoms with Gasteiger partial charge in [0.2, 0.25) is 15.9 Å². The van der Waals surface area contributed by atoms with Crippen LogP contribution in [0, 0.1) is 5.41 Å². The Kier molecular flexibility index (Phi) is 4.20. The van der Waals surface area contributed by atoms with Gasteiger partial charge in [0.15, 0.2) is 0 Å². The van der Waals surface area contributed by atoms with E-state index in [4.69, 9.17) is 17.3 Å². The molecule has 0 aliphatic carbocycles. The van der Waals surface area contributed by atoms with Crippen LogP contribution in [0.5, 0.6) is 0 Å². The van der Waals surface area contributed by atoms with Crippen LogP contribution in [0.1, 0.15) is 19.8 Å². The molecule has 1 amide bonds. The largest absolute Gasteiger partial charge is 0.369 e. The molecule has 0 saturated carbocycles. The average Bonchev–Trinajstić information content (AvgIpc) is 2.60. The third kappa shape index (κ3) is 2.87. The lowest BCUT2D eigenvalue weighted by Gasteiger charge is -2.20. The van der Waals surface area contributed by atoms with Crippen LogP contribution < -0.4 is 5.73 Å². The first-order valence-electron chi connectivity index (χ1n) is 5.15. The Morgan fingerprint density at radius 3 is 2.62 bits per heavy atom. The van der Waals surface area contributed by atoms with Crippen molar-refractivity contribution in [2.45, 2.75) is 19.8 Å². The molecule has 1 atom stereocenters. The van der Waals surface area contributed by atoms with E-state index in [2.05, 4.69) is 0 Å². The minimum Gasteiger partial charge on any atom is -0.369 e. The third-order valence-electron chi connectivity index (χ3n) is 2.96. The van der Waals surface area contributed by atoms with Crippen LogP contribution in [-0.2, 0) is 14.8 Å². The molecular weight excluding hydrogens is 252 g/mol. The van der Waals surface area contributed by atoms with Crippen molar-refractivity contribution >= 4 is 27.5 Å². The van der Waals surface area contributed by atoms with Gasteiger partial charge in [0.05, 0.1) is 11.2 Å². The second kappa shape index (κ2) is 4.89. The molecule has 1 aliphatic heterocycles. The highest BCUT2D eigenvalue weighted by molar-refractivity contribution is 7.89. The minimum absolute atomic E-state index is 0.0331. The van der Waals surface area contributed by atoms with Crippen molar-refractivity contribution in [1.82, 2.24) is 4.31 Å². The molecule has 1 unspecified atom stereocenters. The number of nitrogens with zero attached hydrogens (tertiary/aromatic N) is 1. The Labute approximate surface area is 101 Å². The van der Waals surface area contributed by atoms with Gasteiger partial charge >= 0.3 is 0 Å². The molecule has 0 aromatic carbocycles. The van der Waals surface area contributed by atoms with Crippen LogP contribution in [0.2, 0.25) is 0 Å². The van der Waals surface area contributed by atoms with Crippen molar-refractivity contribution in [3.8, 4) is 0 Å². The fourth-order valence-electron chi connectivity index (χ4n) is 1.72. The van der Waals surface area contributed by atoms with Gasteiger partial charge in [-0.2, -0.15) is 0 Å². The SMILES string of the molecule is CC1(C(N)=O)CCN(S(=O)(=O)CCCCl)C1. The smallest absolute Gasteiger partial charge is 0.224 e. The maximum atomic E-state index is 11.8. The molecule has 0 radical (unpaired) electrons. The molecule has 16 heavy (non-hydrogen) atoms. The number of carbonyl (C=O) groups is 1. The standard InChI is InChI=1S/C9H17ClN2O3S/c1-9(8(11)13)3-5-12(7-9)16(14,15)6-2-4-10/h2-7H2,1H3,(H2,11,13). The fourth-order valence-corrected chi connectivity index (χ4v) is 3.63. The molecule has 7 heteroatoms. The Morgan fingerprint density at radius 1 is 1.56 bits per heavy atom. The first-order chi connectivity index (χ1) is 7.32. The molecule has 94 valence electrons. The van der Waals surface area contributed by atoms with Gasteiger partial charge in [0, 0.05) is 19.0 Å². The van der Waals surface area contributed by atoms with E-state index < -0.39 is 21.3 Å². The van der Waals surface area contributed by atoms with Gasteiger partial charge in [0.1, 0.15) is 0 Å². The van der Waals surface area contributed by atoms with Crippen LogP contribution in [0.4, 0.5) is 0 Å². The zero-order valence-electron chi connectivity index (χ0n) is 9.28. The lowest BCUT2D eigenvalue weighted by molar-refractivity contribution is -0.126. The van der Waals surface area contributed by atoms with Gasteiger partial charge in [-0.3, -0.25) is 4.79 Å². The van der Waals surface area contributed by atoms with Crippen LogP contribution in [-0.4, -0.2) is 43.4 Å². The lowest BCUT2D eigenvalue weighted by Crippen LogP contribution is -2.39. The summed E-state index contributed by atoms with van der Waals surface area (Å²) in [6, 6.07) is 0. The van der Waals surface area contributed by atoms with E-state index >= 15 is 0 Å². The molecular formula is C9H17ClN2O3S. The predicted octanol–water partition coefficient (Wildman–Crippen LogP) is 0.142. The van der Waals surface area contributed by atoms with Crippen LogP contribution in [0.25, 0.3) is 0 Å². The van der Waals surface area contributed by atoms with E-state index in [1.807, 2.05) is 0 Å². The second-order valence-electron chi connectivity index (χ2n) is 4.37. The van der Waals surface area contributed by atoms with Crippen molar-refractivity contribution in [2.75, 3.05) is 24.7 Å². The second-order valence-corrected chi connectivity index (χ2v) is 6.83. The highest BCUT2D eigenvalue weighted by Crippen LogP contribution is 2.31. The quantitative estimate of drug-likeness (QED) is 0.721. The Morgan fingerprint density at radius 2 is 2.19 bits per heavy atom. The Bertz CT molecular complexity index is 371. The number of sulfonamides is 1. The van der Waals surface area contributed by atoms with E-state index in [1.165, 1.54) is 4.31 Å². The number of amides is 1. The van der Waals surface area contributed by atoms with Crippen molar-refractivity contribution in [2.24, 2.45) is 11.1 Å². The molecule has 1 fully saturated rings. The summed E-state index contributed by atoms with van der Waals surface area (Å²) >= 11 is 5.46. The van der Waals surface area contributed by atoms with E-state index in [1.54, 1.807) is 6.92 Å². The lowest BCUT2D eigenvalue weighted by atomic mass is 9.89. The van der Waals surface area contributed by atoms with Gasteiger partial charge in [0.25, 0.3) is 0 Å². The van der Waals surface area contributed by atoms with Crippen molar-refractivity contribution in [1.29, 1.82) is 0 Å². The van der Waals surface area contributed by atoms with Crippen molar-refractivity contribution in [3.63, 3.8) is 0 Å². The maximum absolute atomic E-state index is 11.8. The number of hydrogen-bond acceptors (Lipinski definition) is 3. The molecule has 1 saturated heterocycles. The third-order valence-corrected chi connectivity index (χ3v) is 5.13.